The molecule has 12 heteroatoms. The molecule has 0 aliphatic heterocycles. The summed E-state index contributed by atoms with van der Waals surface area (Å²) < 4.78 is 16.3. The molecule has 172 valence electrons. The summed E-state index contributed by atoms with van der Waals surface area (Å²) in [5, 5.41) is 16.3. The van der Waals surface area contributed by atoms with Gasteiger partial charge in [0.1, 0.15) is 28.3 Å². The van der Waals surface area contributed by atoms with E-state index < -0.39 is 46.2 Å². The lowest BCUT2D eigenvalue weighted by Crippen LogP contribution is -2.26. The monoisotopic (exact) mass is 456 g/mol. The Labute approximate surface area is 186 Å². The Morgan fingerprint density at radius 2 is 1.94 bits per heavy atom. The van der Waals surface area contributed by atoms with Crippen LogP contribution in [0.3, 0.4) is 0 Å². The van der Waals surface area contributed by atoms with Gasteiger partial charge in [0, 0.05) is 6.07 Å². The number of amides is 2. The highest BCUT2D eigenvalue weighted by Crippen LogP contribution is 2.29. The number of hydrogen-bond donors (Lipinski definition) is 3. The molecule has 4 N–H and O–H groups in total. The van der Waals surface area contributed by atoms with Crippen LogP contribution in [0.1, 0.15) is 43.9 Å². The van der Waals surface area contributed by atoms with Crippen molar-refractivity contribution in [2.75, 3.05) is 19.0 Å². The van der Waals surface area contributed by atoms with Crippen LogP contribution in [0.5, 0.6) is 11.5 Å². The molecule has 3 aromatic rings. The molecule has 3 rings (SSSR count). The number of rotatable bonds is 7. The predicted octanol–water partition coefficient (Wildman–Crippen LogP) is 1.38. The van der Waals surface area contributed by atoms with Gasteiger partial charge in [-0.15, -0.1) is 0 Å². The molecule has 2 aromatic heterocycles. The average Bonchev–Trinajstić information content (AvgIpc) is 3.09. The number of carbonyl (C=O) groups excluding carboxylic acids is 3. The highest BCUT2D eigenvalue weighted by molar-refractivity contribution is 6.12. The van der Waals surface area contributed by atoms with Crippen LogP contribution in [-0.2, 0) is 4.74 Å². The highest BCUT2D eigenvalue weighted by atomic mass is 16.5. The Morgan fingerprint density at radius 3 is 2.58 bits per heavy atom. The Kier molecular flexibility index (Phi) is 6.47. The average molecular weight is 456 g/mol. The zero-order valence-corrected chi connectivity index (χ0v) is 17.9. The summed E-state index contributed by atoms with van der Waals surface area (Å²) in [6.45, 7) is 2.99. The summed E-state index contributed by atoms with van der Waals surface area (Å²) in [5.41, 5.74) is 3.65. The van der Waals surface area contributed by atoms with Crippen LogP contribution in [0.15, 0.2) is 39.5 Å². The molecule has 2 heterocycles. The summed E-state index contributed by atoms with van der Waals surface area (Å²) in [6, 6.07) is 7.20. The van der Waals surface area contributed by atoms with Gasteiger partial charge in [0.15, 0.2) is 11.4 Å². The van der Waals surface area contributed by atoms with Gasteiger partial charge in [0.05, 0.1) is 13.7 Å². The van der Waals surface area contributed by atoms with Gasteiger partial charge in [0.2, 0.25) is 5.88 Å². The predicted molar refractivity (Wildman–Crippen MR) is 114 cm³/mol. The number of benzene rings is 1. The number of anilines is 1. The number of aryl methyl sites for hydroxylation is 1. The Balaban J connectivity index is 2.06. The Morgan fingerprint density at radius 1 is 1.24 bits per heavy atom. The van der Waals surface area contributed by atoms with Crippen molar-refractivity contribution in [2.24, 2.45) is 5.73 Å². The van der Waals surface area contributed by atoms with E-state index in [2.05, 4.69) is 10.4 Å². The van der Waals surface area contributed by atoms with Gasteiger partial charge in [-0.2, -0.15) is 9.78 Å². The SMILES string of the molecule is CCOC(=O)c1c(C)oc(NC(=O)c2nn(-c3ccccc3OC)c(=O)cc2O)c1C(N)=O. The third kappa shape index (κ3) is 4.39. The largest absolute Gasteiger partial charge is 0.505 e. The van der Waals surface area contributed by atoms with E-state index in [9.17, 15) is 24.3 Å². The molecule has 0 aliphatic carbocycles. The molecule has 2 amide bonds. The number of furan rings is 1. The topological polar surface area (TPSA) is 176 Å². The fraction of sp³-hybridized carbons (Fsp3) is 0.190. The van der Waals surface area contributed by atoms with Gasteiger partial charge < -0.3 is 24.7 Å². The maximum absolute atomic E-state index is 12.9. The van der Waals surface area contributed by atoms with Crippen LogP contribution >= 0.6 is 0 Å². The number of hydrogen-bond acceptors (Lipinski definition) is 9. The van der Waals surface area contributed by atoms with Gasteiger partial charge in [-0.1, -0.05) is 12.1 Å². The van der Waals surface area contributed by atoms with Crippen LogP contribution in [0.25, 0.3) is 5.69 Å². The van der Waals surface area contributed by atoms with Gasteiger partial charge in [0.25, 0.3) is 17.4 Å². The number of carbonyl (C=O) groups is 3. The van der Waals surface area contributed by atoms with E-state index in [1.807, 2.05) is 0 Å². The zero-order valence-electron chi connectivity index (χ0n) is 17.9. The molecule has 0 atom stereocenters. The third-order valence-electron chi connectivity index (χ3n) is 4.48. The highest BCUT2D eigenvalue weighted by Gasteiger charge is 2.30. The molecule has 1 aromatic carbocycles. The minimum absolute atomic E-state index is 0.0197. The fourth-order valence-electron chi connectivity index (χ4n) is 3.07. The van der Waals surface area contributed by atoms with Crippen molar-refractivity contribution < 1.29 is 33.4 Å². The van der Waals surface area contributed by atoms with Crippen LogP contribution < -0.4 is 21.3 Å². The summed E-state index contributed by atoms with van der Waals surface area (Å²) in [7, 11) is 1.39. The lowest BCUT2D eigenvalue weighted by Gasteiger charge is -2.11. The first kappa shape index (κ1) is 23.1. The lowest BCUT2D eigenvalue weighted by molar-refractivity contribution is 0.0521. The molecular formula is C21H20N4O8. The van der Waals surface area contributed by atoms with E-state index in [1.165, 1.54) is 20.1 Å². The summed E-state index contributed by atoms with van der Waals surface area (Å²) in [5.74, 6) is -3.85. The standard InChI is InChI=1S/C21H20N4O8/c1-4-32-21(30)15-10(2)33-20(16(15)18(22)28)23-19(29)17-12(26)9-14(27)25(24-17)11-7-5-6-8-13(11)31-3/h5-9,26H,4H2,1-3H3,(H2,22,28)(H,23,29). The lowest BCUT2D eigenvalue weighted by atomic mass is 10.1. The number of nitrogens with two attached hydrogens (primary N) is 1. The molecule has 12 nitrogen and oxygen atoms in total. The first-order valence-corrected chi connectivity index (χ1v) is 9.57. The van der Waals surface area contributed by atoms with Crippen molar-refractivity contribution in [2.45, 2.75) is 13.8 Å². The summed E-state index contributed by atoms with van der Waals surface area (Å²) >= 11 is 0. The Bertz CT molecular complexity index is 1310. The van der Waals surface area contributed by atoms with Crippen molar-refractivity contribution in [3.05, 3.63) is 63.3 Å². The molecule has 0 bridgehead atoms. The van der Waals surface area contributed by atoms with E-state index >= 15 is 0 Å². The number of aromatic hydroxyl groups is 1. The first-order chi connectivity index (χ1) is 15.7. The number of aromatic nitrogens is 2. The van der Waals surface area contributed by atoms with E-state index in [0.717, 1.165) is 10.7 Å². The molecule has 0 fully saturated rings. The molecule has 0 radical (unpaired) electrons. The maximum Gasteiger partial charge on any atom is 0.342 e. The molecule has 0 unspecified atom stereocenters. The quantitative estimate of drug-likeness (QED) is 0.443. The summed E-state index contributed by atoms with van der Waals surface area (Å²) in [6.07, 6.45) is 0. The minimum Gasteiger partial charge on any atom is -0.505 e. The normalized spacial score (nSPS) is 10.5. The molecule has 0 saturated carbocycles. The van der Waals surface area contributed by atoms with Crippen molar-refractivity contribution in [1.29, 1.82) is 0 Å². The maximum atomic E-state index is 12.9. The second kappa shape index (κ2) is 9.26. The Hall–Kier alpha value is -4.61. The van der Waals surface area contributed by atoms with Gasteiger partial charge in [-0.25, -0.2) is 4.79 Å². The van der Waals surface area contributed by atoms with Gasteiger partial charge >= 0.3 is 5.97 Å². The van der Waals surface area contributed by atoms with Crippen LogP contribution in [-0.4, -0.2) is 46.4 Å². The second-order valence-electron chi connectivity index (χ2n) is 6.58. The second-order valence-corrected chi connectivity index (χ2v) is 6.58. The number of primary amides is 1. The fourth-order valence-corrected chi connectivity index (χ4v) is 3.07. The van der Waals surface area contributed by atoms with Crippen molar-refractivity contribution >= 4 is 23.7 Å². The molecule has 0 saturated heterocycles. The third-order valence-corrected chi connectivity index (χ3v) is 4.48. The van der Waals surface area contributed by atoms with Crippen molar-refractivity contribution in [3.63, 3.8) is 0 Å². The first-order valence-electron chi connectivity index (χ1n) is 9.57. The number of esters is 1. The van der Waals surface area contributed by atoms with E-state index in [4.69, 9.17) is 19.6 Å². The number of methoxy groups -OCH3 is 1. The van der Waals surface area contributed by atoms with Crippen LogP contribution in [0.4, 0.5) is 5.88 Å². The number of nitrogens with one attached hydrogen (secondary N) is 1. The summed E-state index contributed by atoms with van der Waals surface area (Å²) in [4.78, 5) is 49.4. The van der Waals surface area contributed by atoms with E-state index in [-0.39, 0.29) is 23.6 Å². The minimum atomic E-state index is -1.05. The van der Waals surface area contributed by atoms with E-state index in [0.29, 0.717) is 5.75 Å². The zero-order chi connectivity index (χ0) is 24.3. The van der Waals surface area contributed by atoms with Crippen molar-refractivity contribution in [3.8, 4) is 17.2 Å². The molecule has 0 spiro atoms. The van der Waals surface area contributed by atoms with Crippen molar-refractivity contribution in [1.82, 2.24) is 9.78 Å². The van der Waals surface area contributed by atoms with Gasteiger partial charge in [-0.05, 0) is 26.0 Å². The van der Waals surface area contributed by atoms with Crippen LogP contribution in [0, 0.1) is 6.92 Å². The van der Waals surface area contributed by atoms with Gasteiger partial charge in [-0.3, -0.25) is 19.7 Å². The molecule has 33 heavy (non-hydrogen) atoms. The number of para-hydroxylation sites is 2. The number of nitrogens with zero attached hydrogens (tertiary/aromatic N) is 2. The van der Waals surface area contributed by atoms with Crippen LogP contribution in [0.2, 0.25) is 0 Å². The molecule has 0 aliphatic rings. The molecular weight excluding hydrogens is 436 g/mol. The smallest absolute Gasteiger partial charge is 0.342 e. The number of ether oxygens (including phenoxy) is 2. The van der Waals surface area contributed by atoms with E-state index in [1.54, 1.807) is 25.1 Å².